The SMILES string of the molecule is C=CC[C@@H]1c2ccccc2[C@@H](c2ccccc2)CN1C(=O)OCC(C)C. The quantitative estimate of drug-likeness (QED) is 0.663. The summed E-state index contributed by atoms with van der Waals surface area (Å²) in [5, 5.41) is 0. The molecule has 0 N–H and O–H groups in total. The third-order valence-corrected chi connectivity index (χ3v) is 4.85. The van der Waals surface area contributed by atoms with Crippen molar-refractivity contribution in [2.75, 3.05) is 13.2 Å². The van der Waals surface area contributed by atoms with Gasteiger partial charge in [-0.3, -0.25) is 4.90 Å². The molecule has 2 atom stereocenters. The number of hydrogen-bond acceptors (Lipinski definition) is 2. The Morgan fingerprint density at radius 2 is 1.81 bits per heavy atom. The van der Waals surface area contributed by atoms with Crippen LogP contribution in [0.1, 0.15) is 48.9 Å². The minimum Gasteiger partial charge on any atom is -0.449 e. The van der Waals surface area contributed by atoms with Gasteiger partial charge in [0.1, 0.15) is 0 Å². The van der Waals surface area contributed by atoms with E-state index in [0.717, 1.165) is 6.42 Å². The number of carbonyl (C=O) groups excluding carboxylic acids is 1. The third-order valence-electron chi connectivity index (χ3n) is 4.85. The highest BCUT2D eigenvalue weighted by molar-refractivity contribution is 5.69. The average Bonchev–Trinajstić information content (AvgIpc) is 2.67. The Morgan fingerprint density at radius 3 is 2.46 bits per heavy atom. The first kappa shape index (κ1) is 18.2. The molecule has 0 saturated carbocycles. The van der Waals surface area contributed by atoms with Crippen molar-refractivity contribution in [1.29, 1.82) is 0 Å². The van der Waals surface area contributed by atoms with Crippen LogP contribution in [0.25, 0.3) is 0 Å². The van der Waals surface area contributed by atoms with Gasteiger partial charge in [0.15, 0.2) is 0 Å². The van der Waals surface area contributed by atoms with Gasteiger partial charge in [0, 0.05) is 12.5 Å². The molecule has 0 spiro atoms. The van der Waals surface area contributed by atoms with E-state index in [9.17, 15) is 4.79 Å². The van der Waals surface area contributed by atoms with Gasteiger partial charge in [-0.2, -0.15) is 0 Å². The van der Waals surface area contributed by atoms with E-state index >= 15 is 0 Å². The van der Waals surface area contributed by atoms with Crippen molar-refractivity contribution in [2.24, 2.45) is 5.92 Å². The second-order valence-corrected chi connectivity index (χ2v) is 7.26. The molecule has 0 aromatic heterocycles. The molecule has 0 fully saturated rings. The molecule has 26 heavy (non-hydrogen) atoms. The van der Waals surface area contributed by atoms with Crippen LogP contribution in [-0.4, -0.2) is 24.1 Å². The lowest BCUT2D eigenvalue weighted by molar-refractivity contribution is 0.0719. The van der Waals surface area contributed by atoms with E-state index in [1.165, 1.54) is 16.7 Å². The number of benzene rings is 2. The van der Waals surface area contributed by atoms with Crippen LogP contribution in [0, 0.1) is 5.92 Å². The fourth-order valence-electron chi connectivity index (χ4n) is 3.63. The van der Waals surface area contributed by atoms with Crippen molar-refractivity contribution < 1.29 is 9.53 Å². The number of carbonyl (C=O) groups is 1. The van der Waals surface area contributed by atoms with Crippen LogP contribution in [-0.2, 0) is 4.74 Å². The maximum Gasteiger partial charge on any atom is 0.410 e. The first-order valence-electron chi connectivity index (χ1n) is 9.29. The van der Waals surface area contributed by atoms with Gasteiger partial charge in [0.2, 0.25) is 0 Å². The summed E-state index contributed by atoms with van der Waals surface area (Å²) in [6.07, 6.45) is 2.36. The van der Waals surface area contributed by atoms with E-state index in [1.54, 1.807) is 0 Å². The fourth-order valence-corrected chi connectivity index (χ4v) is 3.63. The van der Waals surface area contributed by atoms with Gasteiger partial charge in [-0.25, -0.2) is 4.79 Å². The molecule has 2 aromatic rings. The van der Waals surface area contributed by atoms with Crippen molar-refractivity contribution in [3.63, 3.8) is 0 Å². The van der Waals surface area contributed by atoms with Gasteiger partial charge in [-0.05, 0) is 29.0 Å². The molecule has 3 rings (SSSR count). The van der Waals surface area contributed by atoms with Gasteiger partial charge in [-0.15, -0.1) is 6.58 Å². The first-order valence-corrected chi connectivity index (χ1v) is 9.29. The van der Waals surface area contributed by atoms with Crippen molar-refractivity contribution in [2.45, 2.75) is 32.2 Å². The summed E-state index contributed by atoms with van der Waals surface area (Å²) < 4.78 is 5.57. The van der Waals surface area contributed by atoms with Crippen LogP contribution < -0.4 is 0 Å². The van der Waals surface area contributed by atoms with Crippen LogP contribution in [0.15, 0.2) is 67.3 Å². The molecule has 1 aliphatic heterocycles. The Kier molecular flexibility index (Phi) is 5.77. The van der Waals surface area contributed by atoms with Crippen LogP contribution in [0.5, 0.6) is 0 Å². The van der Waals surface area contributed by atoms with Crippen LogP contribution in [0.4, 0.5) is 4.79 Å². The minimum atomic E-state index is -0.235. The Bertz CT molecular complexity index is 754. The van der Waals surface area contributed by atoms with Crippen LogP contribution in [0.2, 0.25) is 0 Å². The van der Waals surface area contributed by atoms with Crippen LogP contribution >= 0.6 is 0 Å². The van der Waals surface area contributed by atoms with E-state index < -0.39 is 0 Å². The van der Waals surface area contributed by atoms with E-state index in [4.69, 9.17) is 4.74 Å². The van der Waals surface area contributed by atoms with Gasteiger partial charge in [0.05, 0.1) is 12.6 Å². The van der Waals surface area contributed by atoms with Crippen molar-refractivity contribution >= 4 is 6.09 Å². The molecule has 0 bridgehead atoms. The molecule has 3 nitrogen and oxygen atoms in total. The number of hydrogen-bond donors (Lipinski definition) is 0. The maximum atomic E-state index is 12.8. The highest BCUT2D eigenvalue weighted by Crippen LogP contribution is 2.41. The predicted octanol–water partition coefficient (Wildman–Crippen LogP) is 5.54. The highest BCUT2D eigenvalue weighted by Gasteiger charge is 2.36. The monoisotopic (exact) mass is 349 g/mol. The highest BCUT2D eigenvalue weighted by atomic mass is 16.6. The summed E-state index contributed by atoms with van der Waals surface area (Å²) in [6, 6.07) is 18.8. The molecule has 1 aliphatic rings. The van der Waals surface area contributed by atoms with E-state index in [2.05, 4.69) is 49.0 Å². The molecule has 2 aromatic carbocycles. The van der Waals surface area contributed by atoms with Gasteiger partial charge in [-0.1, -0.05) is 74.5 Å². The second kappa shape index (κ2) is 8.22. The number of amides is 1. The number of nitrogens with zero attached hydrogens (tertiary/aromatic N) is 1. The molecule has 0 aliphatic carbocycles. The number of ether oxygens (including phenoxy) is 1. The zero-order valence-corrected chi connectivity index (χ0v) is 15.6. The number of rotatable bonds is 5. The summed E-state index contributed by atoms with van der Waals surface area (Å²) >= 11 is 0. The van der Waals surface area contributed by atoms with Crippen LogP contribution in [0.3, 0.4) is 0 Å². The lowest BCUT2D eigenvalue weighted by Crippen LogP contribution is -2.42. The minimum absolute atomic E-state index is 0.0247. The average molecular weight is 349 g/mol. The van der Waals surface area contributed by atoms with E-state index in [-0.39, 0.29) is 18.1 Å². The maximum absolute atomic E-state index is 12.8. The summed E-state index contributed by atoms with van der Waals surface area (Å²) in [5.74, 6) is 0.471. The predicted molar refractivity (Wildman–Crippen MR) is 105 cm³/mol. The smallest absolute Gasteiger partial charge is 0.410 e. The topological polar surface area (TPSA) is 29.5 Å². The lowest BCUT2D eigenvalue weighted by Gasteiger charge is -2.40. The lowest BCUT2D eigenvalue weighted by atomic mass is 9.80. The molecule has 0 saturated heterocycles. The number of fused-ring (bicyclic) bond motifs is 1. The van der Waals surface area contributed by atoms with E-state index in [0.29, 0.717) is 19.1 Å². The van der Waals surface area contributed by atoms with Gasteiger partial charge in [0.25, 0.3) is 0 Å². The molecule has 0 unspecified atom stereocenters. The molecule has 136 valence electrons. The molecule has 0 radical (unpaired) electrons. The van der Waals surface area contributed by atoms with E-state index in [1.807, 2.05) is 37.0 Å². The van der Waals surface area contributed by atoms with Crippen molar-refractivity contribution in [1.82, 2.24) is 4.90 Å². The Labute approximate surface area is 156 Å². The summed E-state index contributed by atoms with van der Waals surface area (Å²) in [7, 11) is 0. The Hall–Kier alpha value is -2.55. The molecule has 1 amide bonds. The normalized spacial score (nSPS) is 19.1. The summed E-state index contributed by atoms with van der Waals surface area (Å²) in [5.41, 5.74) is 3.70. The van der Waals surface area contributed by atoms with Crippen molar-refractivity contribution in [3.8, 4) is 0 Å². The standard InChI is InChI=1S/C23H27NO2/c1-4-10-22-20-14-9-8-13-19(20)21(18-11-6-5-7-12-18)15-24(22)23(25)26-16-17(2)3/h4-9,11-14,17,21-22H,1,10,15-16H2,2-3H3/t21-,22-/m1/s1. The Morgan fingerprint density at radius 1 is 1.15 bits per heavy atom. The second-order valence-electron chi connectivity index (χ2n) is 7.26. The zero-order valence-electron chi connectivity index (χ0n) is 15.6. The summed E-state index contributed by atoms with van der Waals surface area (Å²) in [4.78, 5) is 14.7. The van der Waals surface area contributed by atoms with Crippen molar-refractivity contribution in [3.05, 3.63) is 83.9 Å². The molecule has 1 heterocycles. The van der Waals surface area contributed by atoms with Gasteiger partial charge >= 0.3 is 6.09 Å². The fraction of sp³-hybridized carbons (Fsp3) is 0.348. The molecular formula is C23H27NO2. The largest absolute Gasteiger partial charge is 0.449 e. The molecular weight excluding hydrogens is 322 g/mol. The first-order chi connectivity index (χ1) is 12.6. The Balaban J connectivity index is 1.99. The van der Waals surface area contributed by atoms with Gasteiger partial charge < -0.3 is 4.74 Å². The molecule has 3 heteroatoms. The zero-order chi connectivity index (χ0) is 18.5. The third kappa shape index (κ3) is 3.82. The summed E-state index contributed by atoms with van der Waals surface area (Å²) in [6.45, 7) is 9.05.